The number of nitrogens with one attached hydrogen (secondary N) is 1. The van der Waals surface area contributed by atoms with Crippen molar-refractivity contribution in [1.29, 1.82) is 0 Å². The number of aryl methyl sites for hydroxylation is 1. The molecule has 0 amide bonds. The maximum atomic E-state index is 6.26. The summed E-state index contributed by atoms with van der Waals surface area (Å²) in [6, 6.07) is 16.3. The third-order valence-corrected chi connectivity index (χ3v) is 3.53. The first-order valence-corrected chi connectivity index (χ1v) is 6.63. The molecule has 1 heterocycles. The number of aromatic nitrogens is 2. The van der Waals surface area contributed by atoms with Gasteiger partial charge in [-0.05, 0) is 37.1 Å². The summed E-state index contributed by atoms with van der Waals surface area (Å²) >= 11 is 0. The van der Waals surface area contributed by atoms with Gasteiger partial charge in [0, 0.05) is 0 Å². The van der Waals surface area contributed by atoms with Crippen molar-refractivity contribution >= 4 is 22.3 Å². The molecule has 0 saturated heterocycles. The maximum Gasteiger partial charge on any atom is 0.154 e. The van der Waals surface area contributed by atoms with Crippen LogP contribution in [0.4, 0.5) is 0 Å². The fourth-order valence-electron chi connectivity index (χ4n) is 2.22. The molecule has 0 atom stereocenters. The Hall–Kier alpha value is -2.55. The minimum atomic E-state index is 0.685. The van der Waals surface area contributed by atoms with Crippen molar-refractivity contribution < 1.29 is 0 Å². The summed E-state index contributed by atoms with van der Waals surface area (Å²) in [4.78, 5) is 7.80. The molecule has 3 aromatic rings. The highest BCUT2D eigenvalue weighted by Crippen LogP contribution is 2.22. The average Bonchev–Trinajstić information content (AvgIpc) is 2.90. The molecule has 100 valence electrons. The predicted molar refractivity (Wildman–Crippen MR) is 83.9 cm³/mol. The Morgan fingerprint density at radius 2 is 1.75 bits per heavy atom. The van der Waals surface area contributed by atoms with Crippen LogP contribution in [-0.4, -0.2) is 9.97 Å². The SMILES string of the molecule is CC(=C(N)c1nc2ccccc2[nH]1)c1ccc(C)cc1. The Labute approximate surface area is 118 Å². The summed E-state index contributed by atoms with van der Waals surface area (Å²) in [5, 5.41) is 0. The third kappa shape index (κ3) is 2.18. The smallest absolute Gasteiger partial charge is 0.154 e. The van der Waals surface area contributed by atoms with E-state index in [0.29, 0.717) is 5.70 Å². The molecule has 3 nitrogen and oxygen atoms in total. The first-order valence-electron chi connectivity index (χ1n) is 6.63. The van der Waals surface area contributed by atoms with Crippen LogP contribution in [0, 0.1) is 6.92 Å². The number of fused-ring (bicyclic) bond motifs is 1. The molecule has 1 aromatic heterocycles. The van der Waals surface area contributed by atoms with E-state index in [9.17, 15) is 0 Å². The van der Waals surface area contributed by atoms with E-state index in [1.807, 2.05) is 31.2 Å². The molecule has 0 aliphatic rings. The average molecular weight is 263 g/mol. The highest BCUT2D eigenvalue weighted by Gasteiger charge is 2.08. The molecule has 0 fully saturated rings. The summed E-state index contributed by atoms with van der Waals surface area (Å²) in [5.41, 5.74) is 12.3. The van der Waals surface area contributed by atoms with Crippen LogP contribution in [-0.2, 0) is 0 Å². The van der Waals surface area contributed by atoms with Crippen LogP contribution in [0.1, 0.15) is 23.9 Å². The number of imidazole rings is 1. The molecular formula is C17H17N3. The molecule has 0 aliphatic heterocycles. The number of aromatic amines is 1. The van der Waals surface area contributed by atoms with Crippen molar-refractivity contribution in [2.45, 2.75) is 13.8 Å². The van der Waals surface area contributed by atoms with E-state index in [1.165, 1.54) is 5.56 Å². The minimum absolute atomic E-state index is 0.685. The van der Waals surface area contributed by atoms with E-state index >= 15 is 0 Å². The van der Waals surface area contributed by atoms with Crippen LogP contribution in [0.3, 0.4) is 0 Å². The molecule has 20 heavy (non-hydrogen) atoms. The number of allylic oxidation sites excluding steroid dienone is 1. The number of rotatable bonds is 2. The fraction of sp³-hybridized carbons (Fsp3) is 0.118. The number of hydrogen-bond donors (Lipinski definition) is 2. The van der Waals surface area contributed by atoms with Gasteiger partial charge < -0.3 is 10.7 Å². The molecule has 0 bridgehead atoms. The van der Waals surface area contributed by atoms with Crippen LogP contribution >= 0.6 is 0 Å². The number of benzene rings is 2. The standard InChI is InChI=1S/C17H17N3/c1-11-7-9-13(10-8-11)12(2)16(18)17-19-14-5-3-4-6-15(14)20-17/h3-10H,18H2,1-2H3,(H,19,20). The van der Waals surface area contributed by atoms with Gasteiger partial charge in [0.15, 0.2) is 5.82 Å². The molecule has 3 heteroatoms. The van der Waals surface area contributed by atoms with E-state index in [2.05, 4.69) is 41.2 Å². The second-order valence-electron chi connectivity index (χ2n) is 5.01. The maximum absolute atomic E-state index is 6.26. The van der Waals surface area contributed by atoms with Crippen LogP contribution in [0.15, 0.2) is 48.5 Å². The molecule has 3 rings (SSSR count). The van der Waals surface area contributed by atoms with Gasteiger partial charge in [0.05, 0.1) is 16.7 Å². The lowest BCUT2D eigenvalue weighted by molar-refractivity contribution is 1.24. The number of nitrogens with two attached hydrogens (primary N) is 1. The molecule has 2 aromatic carbocycles. The quantitative estimate of drug-likeness (QED) is 0.740. The van der Waals surface area contributed by atoms with Crippen LogP contribution in [0.25, 0.3) is 22.3 Å². The Kier molecular flexibility index (Phi) is 3.03. The third-order valence-electron chi connectivity index (χ3n) is 3.53. The van der Waals surface area contributed by atoms with Crippen LogP contribution in [0.2, 0.25) is 0 Å². The molecule has 0 spiro atoms. The van der Waals surface area contributed by atoms with E-state index < -0.39 is 0 Å². The first-order chi connectivity index (χ1) is 9.65. The Bertz CT molecular complexity index is 746. The molecular weight excluding hydrogens is 246 g/mol. The van der Waals surface area contributed by atoms with Crippen molar-refractivity contribution in [3.63, 3.8) is 0 Å². The van der Waals surface area contributed by atoms with Crippen molar-refractivity contribution in [3.05, 3.63) is 65.5 Å². The number of para-hydroxylation sites is 2. The van der Waals surface area contributed by atoms with E-state index in [-0.39, 0.29) is 0 Å². The van der Waals surface area contributed by atoms with Crippen molar-refractivity contribution in [2.24, 2.45) is 5.73 Å². The Balaban J connectivity index is 2.07. The lowest BCUT2D eigenvalue weighted by Gasteiger charge is -2.06. The summed E-state index contributed by atoms with van der Waals surface area (Å²) < 4.78 is 0. The zero-order chi connectivity index (χ0) is 14.1. The number of hydrogen-bond acceptors (Lipinski definition) is 2. The molecule has 3 N–H and O–H groups in total. The second kappa shape index (κ2) is 4.85. The Morgan fingerprint density at radius 3 is 2.45 bits per heavy atom. The van der Waals surface area contributed by atoms with E-state index in [4.69, 9.17) is 5.73 Å². The van der Waals surface area contributed by atoms with E-state index in [1.54, 1.807) is 0 Å². The zero-order valence-corrected chi connectivity index (χ0v) is 11.6. The topological polar surface area (TPSA) is 54.7 Å². The highest BCUT2D eigenvalue weighted by molar-refractivity contribution is 5.89. The minimum Gasteiger partial charge on any atom is -0.395 e. The van der Waals surface area contributed by atoms with Crippen molar-refractivity contribution in [1.82, 2.24) is 9.97 Å². The number of H-pyrrole nitrogens is 1. The lowest BCUT2D eigenvalue weighted by atomic mass is 10.0. The molecule has 0 aliphatic carbocycles. The van der Waals surface area contributed by atoms with Gasteiger partial charge in [-0.15, -0.1) is 0 Å². The summed E-state index contributed by atoms with van der Waals surface area (Å²) in [6.45, 7) is 4.10. The van der Waals surface area contributed by atoms with Crippen LogP contribution in [0.5, 0.6) is 0 Å². The summed E-state index contributed by atoms with van der Waals surface area (Å²) in [5.74, 6) is 0.726. The van der Waals surface area contributed by atoms with Crippen molar-refractivity contribution in [2.75, 3.05) is 0 Å². The van der Waals surface area contributed by atoms with Crippen LogP contribution < -0.4 is 5.73 Å². The monoisotopic (exact) mass is 263 g/mol. The van der Waals surface area contributed by atoms with Gasteiger partial charge in [0.2, 0.25) is 0 Å². The fourth-order valence-corrected chi connectivity index (χ4v) is 2.22. The lowest BCUT2D eigenvalue weighted by Crippen LogP contribution is -2.01. The van der Waals surface area contributed by atoms with Gasteiger partial charge in [-0.3, -0.25) is 0 Å². The normalized spacial score (nSPS) is 12.5. The molecule has 0 unspecified atom stereocenters. The first kappa shape index (κ1) is 12.5. The van der Waals surface area contributed by atoms with Gasteiger partial charge in [0.1, 0.15) is 0 Å². The largest absolute Gasteiger partial charge is 0.395 e. The molecule has 0 radical (unpaired) electrons. The Morgan fingerprint density at radius 1 is 1.05 bits per heavy atom. The molecule has 0 saturated carbocycles. The van der Waals surface area contributed by atoms with Gasteiger partial charge in [-0.2, -0.15) is 0 Å². The predicted octanol–water partition coefficient (Wildman–Crippen LogP) is 3.72. The van der Waals surface area contributed by atoms with Gasteiger partial charge in [-0.1, -0.05) is 42.0 Å². The second-order valence-corrected chi connectivity index (χ2v) is 5.01. The van der Waals surface area contributed by atoms with Gasteiger partial charge in [-0.25, -0.2) is 4.98 Å². The zero-order valence-electron chi connectivity index (χ0n) is 11.6. The summed E-state index contributed by atoms with van der Waals surface area (Å²) in [6.07, 6.45) is 0. The van der Waals surface area contributed by atoms with Gasteiger partial charge >= 0.3 is 0 Å². The van der Waals surface area contributed by atoms with Crippen molar-refractivity contribution in [3.8, 4) is 0 Å². The van der Waals surface area contributed by atoms with E-state index in [0.717, 1.165) is 28.0 Å². The summed E-state index contributed by atoms with van der Waals surface area (Å²) in [7, 11) is 0. The highest BCUT2D eigenvalue weighted by atomic mass is 14.9. The number of nitrogens with zero attached hydrogens (tertiary/aromatic N) is 1. The van der Waals surface area contributed by atoms with Gasteiger partial charge in [0.25, 0.3) is 0 Å².